The Morgan fingerprint density at radius 1 is 1.22 bits per heavy atom. The number of benzene rings is 1. The van der Waals surface area contributed by atoms with E-state index in [1.807, 2.05) is 6.92 Å². The maximum Gasteiger partial charge on any atom is 0.246 e. The molecular formula is C19H30IN5O2. The Morgan fingerprint density at radius 2 is 1.93 bits per heavy atom. The van der Waals surface area contributed by atoms with E-state index >= 15 is 0 Å². The van der Waals surface area contributed by atoms with Crippen molar-refractivity contribution in [3.05, 3.63) is 24.3 Å². The molecule has 0 bridgehead atoms. The van der Waals surface area contributed by atoms with Gasteiger partial charge in [-0.1, -0.05) is 0 Å². The highest BCUT2D eigenvalue weighted by molar-refractivity contribution is 14.0. The number of nitrogens with zero attached hydrogens (tertiary/aromatic N) is 3. The standard InChI is InChI=1S/C19H29N5O2.HI/c1-2-20-19(24-12-9-16(14-24)23-10-3-4-11-23)21-13-18(26)22-15-5-7-17(25)8-6-15;/h5-8,16,25H,2-4,9-14H2,1H3,(H,20,21)(H,22,26);1H. The summed E-state index contributed by atoms with van der Waals surface area (Å²) in [6.45, 7) is 7.28. The molecule has 1 aromatic rings. The number of hydrogen-bond acceptors (Lipinski definition) is 4. The molecule has 1 aromatic carbocycles. The molecular weight excluding hydrogens is 457 g/mol. The van der Waals surface area contributed by atoms with Gasteiger partial charge in [0.2, 0.25) is 5.91 Å². The first kappa shape index (κ1) is 21.7. The number of phenols is 1. The van der Waals surface area contributed by atoms with Crippen molar-refractivity contribution in [2.24, 2.45) is 4.99 Å². The number of guanidine groups is 1. The molecule has 7 nitrogen and oxygen atoms in total. The van der Waals surface area contributed by atoms with Crippen molar-refractivity contribution in [3.8, 4) is 5.75 Å². The predicted molar refractivity (Wildman–Crippen MR) is 119 cm³/mol. The zero-order valence-corrected chi connectivity index (χ0v) is 18.2. The van der Waals surface area contributed by atoms with Crippen LogP contribution in [0.4, 0.5) is 5.69 Å². The van der Waals surface area contributed by atoms with Gasteiger partial charge in [-0.2, -0.15) is 0 Å². The lowest BCUT2D eigenvalue weighted by Crippen LogP contribution is -2.43. The molecule has 1 unspecified atom stereocenters. The van der Waals surface area contributed by atoms with Crippen LogP contribution in [-0.4, -0.2) is 72.1 Å². The molecule has 3 rings (SSSR count). The van der Waals surface area contributed by atoms with Gasteiger partial charge in [-0.3, -0.25) is 9.69 Å². The molecule has 27 heavy (non-hydrogen) atoms. The van der Waals surface area contributed by atoms with Crippen LogP contribution in [0, 0.1) is 0 Å². The van der Waals surface area contributed by atoms with Crippen LogP contribution in [-0.2, 0) is 4.79 Å². The van der Waals surface area contributed by atoms with E-state index in [1.54, 1.807) is 24.3 Å². The average molecular weight is 487 g/mol. The minimum absolute atomic E-state index is 0. The third-order valence-corrected chi connectivity index (χ3v) is 4.98. The maximum absolute atomic E-state index is 12.2. The van der Waals surface area contributed by atoms with E-state index in [9.17, 15) is 9.90 Å². The van der Waals surface area contributed by atoms with Gasteiger partial charge in [-0.25, -0.2) is 4.99 Å². The second-order valence-corrected chi connectivity index (χ2v) is 6.90. The summed E-state index contributed by atoms with van der Waals surface area (Å²) < 4.78 is 0. The summed E-state index contributed by atoms with van der Waals surface area (Å²) in [5.41, 5.74) is 0.656. The van der Waals surface area contributed by atoms with Gasteiger partial charge < -0.3 is 20.6 Å². The summed E-state index contributed by atoms with van der Waals surface area (Å²) in [6, 6.07) is 7.04. The topological polar surface area (TPSA) is 80.2 Å². The molecule has 2 fully saturated rings. The summed E-state index contributed by atoms with van der Waals surface area (Å²) in [7, 11) is 0. The minimum atomic E-state index is -0.165. The number of phenolic OH excluding ortho intramolecular Hbond substituents is 1. The lowest BCUT2D eigenvalue weighted by molar-refractivity contribution is -0.114. The zero-order chi connectivity index (χ0) is 18.4. The number of anilines is 1. The minimum Gasteiger partial charge on any atom is -0.508 e. The monoisotopic (exact) mass is 487 g/mol. The predicted octanol–water partition coefficient (Wildman–Crippen LogP) is 2.08. The van der Waals surface area contributed by atoms with Crippen LogP contribution in [0.5, 0.6) is 5.75 Å². The zero-order valence-electron chi connectivity index (χ0n) is 15.9. The van der Waals surface area contributed by atoms with E-state index in [0.717, 1.165) is 32.0 Å². The highest BCUT2D eigenvalue weighted by atomic mass is 127. The lowest BCUT2D eigenvalue weighted by atomic mass is 10.2. The number of nitrogens with one attached hydrogen (secondary N) is 2. The molecule has 150 valence electrons. The van der Waals surface area contributed by atoms with Crippen molar-refractivity contribution < 1.29 is 9.90 Å². The van der Waals surface area contributed by atoms with Gasteiger partial charge in [-0.15, -0.1) is 24.0 Å². The number of likely N-dealkylation sites (tertiary alicyclic amines) is 2. The number of halogens is 1. The van der Waals surface area contributed by atoms with Crippen LogP contribution in [0.1, 0.15) is 26.2 Å². The van der Waals surface area contributed by atoms with Crippen LogP contribution in [0.3, 0.4) is 0 Å². The van der Waals surface area contributed by atoms with Crippen LogP contribution >= 0.6 is 24.0 Å². The highest BCUT2D eigenvalue weighted by Gasteiger charge is 2.30. The Kier molecular flexibility index (Phi) is 8.62. The third kappa shape index (κ3) is 6.24. The van der Waals surface area contributed by atoms with Gasteiger partial charge >= 0.3 is 0 Å². The van der Waals surface area contributed by atoms with Crippen LogP contribution in [0.15, 0.2) is 29.3 Å². The number of carbonyl (C=O) groups is 1. The summed E-state index contributed by atoms with van der Waals surface area (Å²) in [6.07, 6.45) is 3.77. The summed E-state index contributed by atoms with van der Waals surface area (Å²) in [5, 5.41) is 15.4. The lowest BCUT2D eigenvalue weighted by Gasteiger charge is -2.25. The van der Waals surface area contributed by atoms with Gasteiger partial charge in [0.1, 0.15) is 12.3 Å². The number of amides is 1. The third-order valence-electron chi connectivity index (χ3n) is 4.98. The quantitative estimate of drug-likeness (QED) is 0.257. The Hall–Kier alpha value is -1.55. The molecule has 1 atom stereocenters. The van der Waals surface area contributed by atoms with E-state index in [0.29, 0.717) is 11.7 Å². The second-order valence-electron chi connectivity index (χ2n) is 6.90. The molecule has 2 saturated heterocycles. The fourth-order valence-corrected chi connectivity index (χ4v) is 3.66. The van der Waals surface area contributed by atoms with E-state index < -0.39 is 0 Å². The van der Waals surface area contributed by atoms with E-state index in [2.05, 4.69) is 25.4 Å². The van der Waals surface area contributed by atoms with Crippen LogP contribution < -0.4 is 10.6 Å². The Morgan fingerprint density at radius 3 is 2.59 bits per heavy atom. The molecule has 0 aliphatic carbocycles. The molecule has 2 heterocycles. The van der Waals surface area contributed by atoms with E-state index in [4.69, 9.17) is 0 Å². The number of aliphatic imine (C=N–C) groups is 1. The van der Waals surface area contributed by atoms with Crippen LogP contribution in [0.25, 0.3) is 0 Å². The van der Waals surface area contributed by atoms with Crippen molar-refractivity contribution in [3.63, 3.8) is 0 Å². The largest absolute Gasteiger partial charge is 0.508 e. The SMILES string of the molecule is CCNC(=NCC(=O)Nc1ccc(O)cc1)N1CCC(N2CCCC2)C1.I. The molecule has 2 aliphatic rings. The highest BCUT2D eigenvalue weighted by Crippen LogP contribution is 2.20. The Balaban J connectivity index is 0.00000261. The normalized spacial score (nSPS) is 20.4. The summed E-state index contributed by atoms with van der Waals surface area (Å²) in [5.74, 6) is 0.827. The number of aromatic hydroxyl groups is 1. The molecule has 0 saturated carbocycles. The first-order chi connectivity index (χ1) is 12.7. The van der Waals surface area contributed by atoms with Gasteiger partial charge in [-0.05, 0) is 63.5 Å². The van der Waals surface area contributed by atoms with Crippen molar-refractivity contribution in [2.45, 2.75) is 32.2 Å². The number of hydrogen-bond donors (Lipinski definition) is 3. The number of carbonyl (C=O) groups excluding carboxylic acids is 1. The number of rotatable bonds is 5. The Bertz CT molecular complexity index is 631. The van der Waals surface area contributed by atoms with Crippen LogP contribution in [0.2, 0.25) is 0 Å². The maximum atomic E-state index is 12.2. The van der Waals surface area contributed by atoms with Gasteiger partial charge in [0.05, 0.1) is 0 Å². The van der Waals surface area contributed by atoms with Crippen molar-refractivity contribution >= 4 is 41.5 Å². The Labute approximate surface area is 178 Å². The smallest absolute Gasteiger partial charge is 0.246 e. The molecule has 0 radical (unpaired) electrons. The molecule has 0 spiro atoms. The average Bonchev–Trinajstić information content (AvgIpc) is 3.32. The fourth-order valence-electron chi connectivity index (χ4n) is 3.66. The van der Waals surface area contributed by atoms with E-state index in [1.165, 1.54) is 25.9 Å². The molecule has 1 amide bonds. The van der Waals surface area contributed by atoms with E-state index in [-0.39, 0.29) is 42.2 Å². The summed E-state index contributed by atoms with van der Waals surface area (Å²) >= 11 is 0. The van der Waals surface area contributed by atoms with Crippen molar-refractivity contribution in [1.82, 2.24) is 15.1 Å². The van der Waals surface area contributed by atoms with Gasteiger partial charge in [0.25, 0.3) is 0 Å². The molecule has 3 N–H and O–H groups in total. The van der Waals surface area contributed by atoms with Gasteiger partial charge in [0, 0.05) is 31.4 Å². The molecule has 0 aromatic heterocycles. The van der Waals surface area contributed by atoms with Gasteiger partial charge in [0.15, 0.2) is 5.96 Å². The first-order valence-corrected chi connectivity index (χ1v) is 9.52. The first-order valence-electron chi connectivity index (χ1n) is 9.52. The summed E-state index contributed by atoms with van der Waals surface area (Å²) in [4.78, 5) is 21.5. The second kappa shape index (κ2) is 10.7. The molecule has 2 aliphatic heterocycles. The van der Waals surface area contributed by atoms with Crippen molar-refractivity contribution in [2.75, 3.05) is 44.6 Å². The fraction of sp³-hybridized carbons (Fsp3) is 0.579. The van der Waals surface area contributed by atoms with Crippen molar-refractivity contribution in [1.29, 1.82) is 0 Å². The molecule has 8 heteroatoms.